The predicted octanol–water partition coefficient (Wildman–Crippen LogP) is 3.34. The zero-order valence-corrected chi connectivity index (χ0v) is 11.0. The largest absolute Gasteiger partial charge is 0.486 e. The van der Waals surface area contributed by atoms with Crippen molar-refractivity contribution in [2.24, 2.45) is 0 Å². The lowest BCUT2D eigenvalue weighted by atomic mass is 10.1. The van der Waals surface area contributed by atoms with E-state index in [1.165, 1.54) is 30.3 Å². The number of hydrogen-bond donors (Lipinski definition) is 2. The molecule has 0 saturated heterocycles. The van der Waals surface area contributed by atoms with E-state index in [1.54, 1.807) is 0 Å². The van der Waals surface area contributed by atoms with Crippen molar-refractivity contribution in [3.8, 4) is 5.75 Å². The minimum absolute atomic E-state index is 0.0225. The van der Waals surface area contributed by atoms with Gasteiger partial charge in [-0.05, 0) is 24.3 Å². The second-order valence-corrected chi connectivity index (χ2v) is 4.49. The summed E-state index contributed by atoms with van der Waals surface area (Å²) >= 11 is 5.65. The molecule has 2 aromatic rings. The summed E-state index contributed by atoms with van der Waals surface area (Å²) in [5.74, 6) is -1.66. The number of para-hydroxylation sites is 1. The van der Waals surface area contributed by atoms with Gasteiger partial charge < -0.3 is 15.6 Å². The van der Waals surface area contributed by atoms with Gasteiger partial charge in [-0.2, -0.15) is 0 Å². The molecule has 0 aliphatic heterocycles. The highest BCUT2D eigenvalue weighted by atomic mass is 35.5. The van der Waals surface area contributed by atoms with Crippen LogP contribution in [0.15, 0.2) is 36.4 Å². The number of hydrogen-bond acceptors (Lipinski definition) is 3. The van der Waals surface area contributed by atoms with Crippen LogP contribution in [0.5, 0.6) is 5.75 Å². The van der Waals surface area contributed by atoms with Crippen molar-refractivity contribution in [1.29, 1.82) is 0 Å². The first-order valence-corrected chi connectivity index (χ1v) is 6.05. The lowest BCUT2D eigenvalue weighted by Crippen LogP contribution is -2.06. The Morgan fingerprint density at radius 2 is 2.10 bits per heavy atom. The van der Waals surface area contributed by atoms with Crippen LogP contribution in [0.2, 0.25) is 5.02 Å². The van der Waals surface area contributed by atoms with Gasteiger partial charge in [0.1, 0.15) is 18.0 Å². The molecule has 0 heterocycles. The molecule has 0 aliphatic rings. The molecule has 0 radical (unpaired) electrons. The average Bonchev–Trinajstić information content (AvgIpc) is 2.38. The van der Waals surface area contributed by atoms with Crippen molar-refractivity contribution in [2.45, 2.75) is 6.61 Å². The van der Waals surface area contributed by atoms with Gasteiger partial charge >= 0.3 is 5.97 Å². The Kier molecular flexibility index (Phi) is 4.10. The SMILES string of the molecule is Nc1cccc(C(=O)O)c1OCc1ccc(Cl)cc1F. The molecule has 2 aromatic carbocycles. The van der Waals surface area contributed by atoms with E-state index in [0.29, 0.717) is 0 Å². The van der Waals surface area contributed by atoms with Crippen LogP contribution in [0.25, 0.3) is 0 Å². The number of aromatic carboxylic acids is 1. The van der Waals surface area contributed by atoms with E-state index < -0.39 is 11.8 Å². The Labute approximate surface area is 119 Å². The lowest BCUT2D eigenvalue weighted by Gasteiger charge is -2.12. The van der Waals surface area contributed by atoms with Crippen LogP contribution in [0.3, 0.4) is 0 Å². The Morgan fingerprint density at radius 1 is 1.35 bits per heavy atom. The second kappa shape index (κ2) is 5.79. The van der Waals surface area contributed by atoms with Crippen LogP contribution >= 0.6 is 11.6 Å². The van der Waals surface area contributed by atoms with Crippen LogP contribution < -0.4 is 10.5 Å². The number of rotatable bonds is 4. The molecule has 0 aliphatic carbocycles. The third-order valence-electron chi connectivity index (χ3n) is 2.66. The zero-order valence-electron chi connectivity index (χ0n) is 10.3. The highest BCUT2D eigenvalue weighted by Crippen LogP contribution is 2.27. The first-order chi connectivity index (χ1) is 9.49. The van der Waals surface area contributed by atoms with Crippen LogP contribution in [-0.2, 0) is 6.61 Å². The van der Waals surface area contributed by atoms with Crippen LogP contribution in [0.1, 0.15) is 15.9 Å². The summed E-state index contributed by atoms with van der Waals surface area (Å²) in [6, 6.07) is 8.54. The first kappa shape index (κ1) is 14.1. The molecule has 0 bridgehead atoms. The summed E-state index contributed by atoms with van der Waals surface area (Å²) in [5, 5.41) is 9.33. The van der Waals surface area contributed by atoms with Gasteiger partial charge in [-0.3, -0.25) is 0 Å². The van der Waals surface area contributed by atoms with E-state index in [1.807, 2.05) is 0 Å². The third kappa shape index (κ3) is 3.00. The second-order valence-electron chi connectivity index (χ2n) is 4.05. The summed E-state index contributed by atoms with van der Waals surface area (Å²) in [6.07, 6.45) is 0. The molecule has 2 rings (SSSR count). The molecular formula is C14H11ClFNO3. The van der Waals surface area contributed by atoms with Gasteiger partial charge in [0.2, 0.25) is 0 Å². The number of carboxylic acid groups (broad SMARTS) is 1. The first-order valence-electron chi connectivity index (χ1n) is 5.67. The minimum atomic E-state index is -1.16. The fourth-order valence-electron chi connectivity index (χ4n) is 1.67. The topological polar surface area (TPSA) is 72.6 Å². The molecule has 0 atom stereocenters. The zero-order chi connectivity index (χ0) is 14.7. The van der Waals surface area contributed by atoms with E-state index in [0.717, 1.165) is 6.07 Å². The predicted molar refractivity (Wildman–Crippen MR) is 73.6 cm³/mol. The Balaban J connectivity index is 2.25. The summed E-state index contributed by atoms with van der Waals surface area (Å²) < 4.78 is 18.9. The Hall–Kier alpha value is -2.27. The summed E-state index contributed by atoms with van der Waals surface area (Å²) in [6.45, 7) is -0.141. The maximum absolute atomic E-state index is 13.6. The number of benzene rings is 2. The van der Waals surface area contributed by atoms with Gasteiger partial charge in [0, 0.05) is 10.6 Å². The fraction of sp³-hybridized carbons (Fsp3) is 0.0714. The van der Waals surface area contributed by atoms with E-state index in [4.69, 9.17) is 27.2 Å². The van der Waals surface area contributed by atoms with E-state index >= 15 is 0 Å². The molecule has 0 spiro atoms. The molecular weight excluding hydrogens is 285 g/mol. The molecule has 0 saturated carbocycles. The average molecular weight is 296 g/mol. The van der Waals surface area contributed by atoms with Crippen LogP contribution in [0, 0.1) is 5.82 Å². The molecule has 0 fully saturated rings. The number of carboxylic acids is 1. The summed E-state index contributed by atoms with van der Waals surface area (Å²) in [5.41, 5.74) is 6.05. The fourth-order valence-corrected chi connectivity index (χ4v) is 1.83. The van der Waals surface area contributed by atoms with Gasteiger partial charge in [-0.25, -0.2) is 9.18 Å². The molecule has 0 amide bonds. The lowest BCUT2D eigenvalue weighted by molar-refractivity contribution is 0.0692. The molecule has 20 heavy (non-hydrogen) atoms. The van der Waals surface area contributed by atoms with Crippen LogP contribution in [-0.4, -0.2) is 11.1 Å². The van der Waals surface area contributed by atoms with Crippen molar-refractivity contribution in [3.63, 3.8) is 0 Å². The number of halogens is 2. The van der Waals surface area contributed by atoms with Crippen molar-refractivity contribution in [2.75, 3.05) is 5.73 Å². The van der Waals surface area contributed by atoms with E-state index in [2.05, 4.69) is 0 Å². The quantitative estimate of drug-likeness (QED) is 0.849. The maximum Gasteiger partial charge on any atom is 0.339 e. The van der Waals surface area contributed by atoms with Crippen molar-refractivity contribution >= 4 is 23.3 Å². The van der Waals surface area contributed by atoms with Gasteiger partial charge in [-0.1, -0.05) is 23.7 Å². The standard InChI is InChI=1S/C14H11ClFNO3/c15-9-5-4-8(11(16)6-9)7-20-13-10(14(18)19)2-1-3-12(13)17/h1-6H,7,17H2,(H,18,19). The Morgan fingerprint density at radius 3 is 2.75 bits per heavy atom. The molecule has 104 valence electrons. The molecule has 6 heteroatoms. The molecule has 0 aromatic heterocycles. The van der Waals surface area contributed by atoms with Gasteiger partial charge in [0.15, 0.2) is 5.75 Å². The highest BCUT2D eigenvalue weighted by molar-refractivity contribution is 6.30. The smallest absolute Gasteiger partial charge is 0.339 e. The molecule has 4 nitrogen and oxygen atoms in total. The number of nitrogen functional groups attached to an aromatic ring is 1. The number of anilines is 1. The monoisotopic (exact) mass is 295 g/mol. The van der Waals surface area contributed by atoms with Gasteiger partial charge in [0.25, 0.3) is 0 Å². The summed E-state index contributed by atoms with van der Waals surface area (Å²) in [7, 11) is 0. The van der Waals surface area contributed by atoms with Crippen molar-refractivity contribution in [1.82, 2.24) is 0 Å². The Bertz CT molecular complexity index is 661. The highest BCUT2D eigenvalue weighted by Gasteiger charge is 2.14. The maximum atomic E-state index is 13.6. The normalized spacial score (nSPS) is 10.3. The minimum Gasteiger partial charge on any atom is -0.486 e. The number of nitrogens with two attached hydrogens (primary N) is 1. The van der Waals surface area contributed by atoms with Crippen LogP contribution in [0.4, 0.5) is 10.1 Å². The molecule has 3 N–H and O–H groups in total. The van der Waals surface area contributed by atoms with Crippen molar-refractivity contribution in [3.05, 3.63) is 58.4 Å². The van der Waals surface area contributed by atoms with Gasteiger partial charge in [-0.15, -0.1) is 0 Å². The number of carbonyl (C=O) groups is 1. The summed E-state index contributed by atoms with van der Waals surface area (Å²) in [4.78, 5) is 11.1. The van der Waals surface area contributed by atoms with Gasteiger partial charge in [0.05, 0.1) is 5.69 Å². The van der Waals surface area contributed by atoms with E-state index in [-0.39, 0.29) is 34.2 Å². The van der Waals surface area contributed by atoms with E-state index in [9.17, 15) is 9.18 Å². The number of ether oxygens (including phenoxy) is 1. The molecule has 0 unspecified atom stereocenters. The third-order valence-corrected chi connectivity index (χ3v) is 2.90. The van der Waals surface area contributed by atoms with Crippen molar-refractivity contribution < 1.29 is 19.0 Å².